The first-order valence-corrected chi connectivity index (χ1v) is 6.03. The van der Waals surface area contributed by atoms with Crippen LogP contribution in [0.4, 0.5) is 0 Å². The highest BCUT2D eigenvalue weighted by Crippen LogP contribution is 2.22. The highest BCUT2D eigenvalue weighted by molar-refractivity contribution is 6.00. The zero-order valence-corrected chi connectivity index (χ0v) is 10.7. The molecule has 0 fully saturated rings. The van der Waals surface area contributed by atoms with Gasteiger partial charge in [-0.25, -0.2) is 0 Å². The van der Waals surface area contributed by atoms with Crippen LogP contribution in [0.15, 0.2) is 28.8 Å². The van der Waals surface area contributed by atoms with E-state index < -0.39 is 0 Å². The number of ether oxygens (including phenoxy) is 1. The van der Waals surface area contributed by atoms with E-state index in [4.69, 9.17) is 10.5 Å². The molecule has 0 aliphatic carbocycles. The molecule has 1 aliphatic rings. The zero-order valence-electron chi connectivity index (χ0n) is 10.7. The summed E-state index contributed by atoms with van der Waals surface area (Å²) in [5, 5.41) is 9.51. The van der Waals surface area contributed by atoms with Crippen molar-refractivity contribution in [3.63, 3.8) is 0 Å². The first-order valence-electron chi connectivity index (χ1n) is 6.03. The summed E-state index contributed by atoms with van der Waals surface area (Å²) < 4.78 is 5.50. The Hall–Kier alpha value is -1.97. The van der Waals surface area contributed by atoms with E-state index in [1.165, 1.54) is 0 Å². The van der Waals surface area contributed by atoms with Gasteiger partial charge < -0.3 is 15.6 Å². The van der Waals surface area contributed by atoms with Crippen molar-refractivity contribution in [1.29, 1.82) is 0 Å². The maximum absolute atomic E-state index is 9.51. The normalized spacial score (nSPS) is 16.7. The first-order chi connectivity index (χ1) is 8.59. The number of nitrogens with zero attached hydrogens (tertiary/aromatic N) is 1. The van der Waals surface area contributed by atoms with Gasteiger partial charge in [0.2, 0.25) is 5.90 Å². The molecular weight excluding hydrogens is 228 g/mol. The van der Waals surface area contributed by atoms with Gasteiger partial charge in [0, 0.05) is 24.2 Å². The Labute approximate surface area is 107 Å². The fourth-order valence-corrected chi connectivity index (χ4v) is 1.84. The SMILES string of the molecule is CC(C1=NCCCO1)=C(N)c1ccc(O)c(C)c1. The number of aliphatic imine (C=N–C) groups is 1. The molecule has 2 rings (SSSR count). The average molecular weight is 246 g/mol. The van der Waals surface area contributed by atoms with Crippen LogP contribution < -0.4 is 5.73 Å². The third-order valence-electron chi connectivity index (χ3n) is 3.03. The van der Waals surface area contributed by atoms with Crippen molar-refractivity contribution >= 4 is 11.6 Å². The van der Waals surface area contributed by atoms with Crippen molar-refractivity contribution in [3.05, 3.63) is 34.9 Å². The molecule has 4 heteroatoms. The number of hydrogen-bond donors (Lipinski definition) is 2. The largest absolute Gasteiger partial charge is 0.508 e. The third-order valence-corrected chi connectivity index (χ3v) is 3.03. The summed E-state index contributed by atoms with van der Waals surface area (Å²) in [6, 6.07) is 5.30. The lowest BCUT2D eigenvalue weighted by Crippen LogP contribution is -2.17. The molecule has 18 heavy (non-hydrogen) atoms. The summed E-state index contributed by atoms with van der Waals surface area (Å²) in [5.41, 5.74) is 9.29. The van der Waals surface area contributed by atoms with Crippen molar-refractivity contribution in [1.82, 2.24) is 0 Å². The van der Waals surface area contributed by atoms with Gasteiger partial charge in [0.1, 0.15) is 5.75 Å². The van der Waals surface area contributed by atoms with Gasteiger partial charge in [0.25, 0.3) is 0 Å². The van der Waals surface area contributed by atoms with Gasteiger partial charge in [-0.3, -0.25) is 4.99 Å². The number of phenolic OH excluding ortho intramolecular Hbond substituents is 1. The van der Waals surface area contributed by atoms with Gasteiger partial charge >= 0.3 is 0 Å². The minimum atomic E-state index is 0.274. The number of nitrogens with two attached hydrogens (primary N) is 1. The van der Waals surface area contributed by atoms with Crippen LogP contribution in [0.5, 0.6) is 5.75 Å². The Morgan fingerprint density at radius 3 is 2.83 bits per heavy atom. The maximum atomic E-state index is 9.51. The molecule has 96 valence electrons. The topological polar surface area (TPSA) is 67.8 Å². The van der Waals surface area contributed by atoms with Gasteiger partial charge in [-0.2, -0.15) is 0 Å². The van der Waals surface area contributed by atoms with Gasteiger partial charge in [0.15, 0.2) is 0 Å². The second-order valence-electron chi connectivity index (χ2n) is 4.43. The van der Waals surface area contributed by atoms with E-state index >= 15 is 0 Å². The van der Waals surface area contributed by atoms with Crippen molar-refractivity contribution < 1.29 is 9.84 Å². The molecule has 0 saturated carbocycles. The van der Waals surface area contributed by atoms with E-state index in [0.29, 0.717) is 18.2 Å². The highest BCUT2D eigenvalue weighted by Gasteiger charge is 2.13. The fourth-order valence-electron chi connectivity index (χ4n) is 1.84. The van der Waals surface area contributed by atoms with Gasteiger partial charge in [-0.15, -0.1) is 0 Å². The van der Waals surface area contributed by atoms with Gasteiger partial charge in [0.05, 0.1) is 6.61 Å². The maximum Gasteiger partial charge on any atom is 0.213 e. The van der Waals surface area contributed by atoms with E-state index in [1.54, 1.807) is 12.1 Å². The molecule has 0 saturated heterocycles. The van der Waals surface area contributed by atoms with Crippen LogP contribution in [0, 0.1) is 6.92 Å². The fraction of sp³-hybridized carbons (Fsp3) is 0.357. The van der Waals surface area contributed by atoms with Gasteiger partial charge in [-0.1, -0.05) is 0 Å². The van der Waals surface area contributed by atoms with Crippen LogP contribution >= 0.6 is 0 Å². The summed E-state index contributed by atoms with van der Waals surface area (Å²) in [6.07, 6.45) is 0.953. The Kier molecular flexibility index (Phi) is 3.55. The summed E-state index contributed by atoms with van der Waals surface area (Å²) in [7, 11) is 0. The smallest absolute Gasteiger partial charge is 0.213 e. The molecule has 1 aliphatic heterocycles. The predicted octanol–water partition coefficient (Wildman–Crippen LogP) is 2.21. The standard InChI is InChI=1S/C14H18N2O2/c1-9-8-11(4-5-12(9)17)13(15)10(2)14-16-6-3-7-18-14/h4-5,8,17H,3,6-7,15H2,1-2H3. The second kappa shape index (κ2) is 5.12. The van der Waals surface area contributed by atoms with Crippen LogP contribution in [0.1, 0.15) is 24.5 Å². The molecule has 1 aromatic rings. The van der Waals surface area contributed by atoms with Crippen molar-refractivity contribution in [3.8, 4) is 5.75 Å². The summed E-state index contributed by atoms with van der Waals surface area (Å²) >= 11 is 0. The molecule has 0 atom stereocenters. The van der Waals surface area contributed by atoms with Crippen LogP contribution in [-0.4, -0.2) is 24.2 Å². The lowest BCUT2D eigenvalue weighted by molar-refractivity contribution is 0.283. The molecule has 0 amide bonds. The number of phenols is 1. The molecule has 4 nitrogen and oxygen atoms in total. The molecule has 0 aromatic heterocycles. The number of rotatable bonds is 2. The van der Waals surface area contributed by atoms with Crippen LogP contribution in [0.3, 0.4) is 0 Å². The van der Waals surface area contributed by atoms with E-state index in [-0.39, 0.29) is 5.75 Å². The Balaban J connectivity index is 2.36. The molecular formula is C14H18N2O2. The summed E-state index contributed by atoms with van der Waals surface area (Å²) in [4.78, 5) is 4.32. The number of benzene rings is 1. The first kappa shape index (κ1) is 12.5. The lowest BCUT2D eigenvalue weighted by Gasteiger charge is -2.16. The zero-order chi connectivity index (χ0) is 13.1. The van der Waals surface area contributed by atoms with Crippen LogP contribution in [0.2, 0.25) is 0 Å². The quantitative estimate of drug-likeness (QED) is 0.840. The lowest BCUT2D eigenvalue weighted by atomic mass is 10.0. The van der Waals surface area contributed by atoms with E-state index in [0.717, 1.165) is 29.7 Å². The molecule has 0 spiro atoms. The van der Waals surface area contributed by atoms with E-state index in [9.17, 15) is 5.11 Å². The molecule has 0 bridgehead atoms. The predicted molar refractivity (Wildman–Crippen MR) is 72.5 cm³/mol. The molecule has 0 unspecified atom stereocenters. The van der Waals surface area contributed by atoms with E-state index in [2.05, 4.69) is 4.99 Å². The molecule has 1 heterocycles. The van der Waals surface area contributed by atoms with Crippen LogP contribution in [0.25, 0.3) is 5.70 Å². The molecule has 1 aromatic carbocycles. The van der Waals surface area contributed by atoms with Crippen molar-refractivity contribution in [2.24, 2.45) is 10.7 Å². The third kappa shape index (κ3) is 2.47. The minimum Gasteiger partial charge on any atom is -0.508 e. The molecule has 0 radical (unpaired) electrons. The Bertz CT molecular complexity index is 519. The second-order valence-corrected chi connectivity index (χ2v) is 4.43. The summed E-state index contributed by atoms with van der Waals surface area (Å²) in [6.45, 7) is 5.23. The minimum absolute atomic E-state index is 0.274. The monoisotopic (exact) mass is 246 g/mol. The molecule has 3 N–H and O–H groups in total. The Morgan fingerprint density at radius 2 is 2.22 bits per heavy atom. The number of aromatic hydroxyl groups is 1. The Morgan fingerprint density at radius 1 is 1.44 bits per heavy atom. The van der Waals surface area contributed by atoms with E-state index in [1.807, 2.05) is 19.9 Å². The number of hydrogen-bond acceptors (Lipinski definition) is 4. The van der Waals surface area contributed by atoms with Crippen molar-refractivity contribution in [2.45, 2.75) is 20.3 Å². The van der Waals surface area contributed by atoms with Gasteiger partial charge in [-0.05, 0) is 43.2 Å². The highest BCUT2D eigenvalue weighted by atomic mass is 16.5. The average Bonchev–Trinajstić information content (AvgIpc) is 2.41. The van der Waals surface area contributed by atoms with Crippen molar-refractivity contribution in [2.75, 3.05) is 13.2 Å². The number of aryl methyl sites for hydroxylation is 1. The van der Waals surface area contributed by atoms with Crippen LogP contribution in [-0.2, 0) is 4.74 Å². The summed E-state index contributed by atoms with van der Waals surface area (Å²) in [5.74, 6) is 0.903.